The van der Waals surface area contributed by atoms with E-state index in [2.05, 4.69) is 10.6 Å². The molecular formula is C51H80N6O9. The van der Waals surface area contributed by atoms with E-state index in [4.69, 9.17) is 19.9 Å². The molecule has 3 unspecified atom stereocenters. The number of nitrogens with zero attached hydrogens (tertiary/aromatic N) is 3. The number of methoxy groups -OCH3 is 3. The Kier molecular flexibility index (Phi) is 22.2. The Morgan fingerprint density at radius 3 is 1.94 bits per heavy atom. The average molecular weight is 921 g/mol. The molecule has 0 aromatic heterocycles. The fourth-order valence-corrected chi connectivity index (χ4v) is 9.54. The van der Waals surface area contributed by atoms with E-state index in [1.165, 1.54) is 14.2 Å². The first-order valence-electron chi connectivity index (χ1n) is 23.6. The van der Waals surface area contributed by atoms with Crippen LogP contribution in [0.15, 0.2) is 54.6 Å². The number of likely N-dealkylation sites (tertiary alicyclic amines) is 1. The maximum absolute atomic E-state index is 14.5. The summed E-state index contributed by atoms with van der Waals surface area (Å²) < 4.78 is 17.2. The molecule has 368 valence electrons. The van der Waals surface area contributed by atoms with Crippen LogP contribution in [0, 0.1) is 29.6 Å². The van der Waals surface area contributed by atoms with Gasteiger partial charge in [0.25, 0.3) is 0 Å². The summed E-state index contributed by atoms with van der Waals surface area (Å²) in [6, 6.07) is 13.3. The first-order valence-corrected chi connectivity index (χ1v) is 23.6. The third-order valence-corrected chi connectivity index (χ3v) is 13.4. The molecule has 66 heavy (non-hydrogen) atoms. The molecule has 0 saturated carbocycles. The SMILES string of the molecule is CC[C@H](C)C([C@@H](CC(=O)N1CCC[C@H]1[C@H](OC)[C@@H](C)C(=O)N[C@@H](Cc1ccccc1)C(=O)CC(Cc1ccc(N)cc1)C(=O)OC)OC)N(C)C(=O)C(NC(=O)[C@H](C(C)C)N(C)C)C(C)C. The van der Waals surface area contributed by atoms with Gasteiger partial charge in [0.05, 0.1) is 61.7 Å². The Hall–Kier alpha value is -4.86. The minimum Gasteiger partial charge on any atom is -0.469 e. The lowest BCUT2D eigenvalue weighted by Crippen LogP contribution is -2.59. The number of carbonyl (C=O) groups is 6. The molecule has 1 saturated heterocycles. The van der Waals surface area contributed by atoms with E-state index in [0.717, 1.165) is 11.1 Å². The van der Waals surface area contributed by atoms with Crippen molar-refractivity contribution in [3.63, 3.8) is 0 Å². The molecule has 1 fully saturated rings. The number of ketones is 1. The van der Waals surface area contributed by atoms with E-state index in [9.17, 15) is 28.8 Å². The van der Waals surface area contributed by atoms with E-state index in [0.29, 0.717) is 31.5 Å². The summed E-state index contributed by atoms with van der Waals surface area (Å²) >= 11 is 0. The van der Waals surface area contributed by atoms with E-state index in [1.807, 2.05) is 103 Å². The first-order chi connectivity index (χ1) is 31.2. The van der Waals surface area contributed by atoms with Crippen LogP contribution in [0.25, 0.3) is 0 Å². The normalized spacial score (nSPS) is 18.1. The van der Waals surface area contributed by atoms with E-state index < -0.39 is 66.1 Å². The van der Waals surface area contributed by atoms with Crippen LogP contribution in [-0.4, -0.2) is 142 Å². The van der Waals surface area contributed by atoms with Gasteiger partial charge in [0.1, 0.15) is 6.04 Å². The number of amides is 4. The summed E-state index contributed by atoms with van der Waals surface area (Å²) in [5.74, 6) is -3.79. The number of carbonyl (C=O) groups excluding carboxylic acids is 6. The van der Waals surface area contributed by atoms with Crippen LogP contribution in [0.2, 0.25) is 0 Å². The highest BCUT2D eigenvalue weighted by atomic mass is 16.5. The zero-order valence-electron chi connectivity index (χ0n) is 41.9. The minimum absolute atomic E-state index is 0.0204. The number of ether oxygens (including phenoxy) is 3. The molecule has 2 aromatic rings. The van der Waals surface area contributed by atoms with Gasteiger partial charge in [0.15, 0.2) is 5.78 Å². The molecule has 1 aliphatic rings. The number of nitrogen functional groups attached to an aromatic ring is 1. The molecule has 3 rings (SSSR count). The second kappa shape index (κ2) is 26.5. The predicted octanol–water partition coefficient (Wildman–Crippen LogP) is 4.93. The van der Waals surface area contributed by atoms with Crippen LogP contribution in [0.3, 0.4) is 0 Å². The predicted molar refractivity (Wildman–Crippen MR) is 257 cm³/mol. The number of anilines is 1. The van der Waals surface area contributed by atoms with E-state index in [1.54, 1.807) is 43.0 Å². The number of nitrogens with one attached hydrogen (secondary N) is 2. The van der Waals surface area contributed by atoms with Crippen molar-refractivity contribution in [2.24, 2.45) is 29.6 Å². The standard InChI is InChI=1S/C51H80N6O9/c1-14-33(6)46(56(10)50(62)44(31(2)3)54-49(61)45(32(4)5)55(8)9)42(64-11)30-43(59)57-26-18-21-40(57)47(65-12)34(7)48(60)53-39(28-35-19-16-15-17-20-35)41(58)29-37(51(63)66-13)27-36-22-24-38(52)25-23-36/h15-17,19-20,22-25,31-34,37,39-40,42,44-47H,14,18,21,26-30,52H2,1-13H3,(H,53,60)(H,54,61)/t33-,34+,37?,39-,40-,42+,44?,45-,46?,47+/m0/s1. The molecule has 0 spiro atoms. The highest BCUT2D eigenvalue weighted by molar-refractivity contribution is 5.93. The lowest BCUT2D eigenvalue weighted by molar-refractivity contribution is -0.148. The van der Waals surface area contributed by atoms with Crippen molar-refractivity contribution in [1.82, 2.24) is 25.3 Å². The highest BCUT2D eigenvalue weighted by Gasteiger charge is 2.44. The van der Waals surface area contributed by atoms with Gasteiger partial charge < -0.3 is 40.4 Å². The monoisotopic (exact) mass is 921 g/mol. The topological polar surface area (TPSA) is 190 Å². The van der Waals surface area contributed by atoms with Gasteiger partial charge in [-0.2, -0.15) is 0 Å². The Morgan fingerprint density at radius 2 is 1.41 bits per heavy atom. The number of nitrogens with two attached hydrogens (primary N) is 1. The van der Waals surface area contributed by atoms with Crippen LogP contribution < -0.4 is 16.4 Å². The number of likely N-dealkylation sites (N-methyl/N-ethyl adjacent to an activating group) is 2. The number of esters is 1. The van der Waals surface area contributed by atoms with Crippen LogP contribution >= 0.6 is 0 Å². The largest absolute Gasteiger partial charge is 0.469 e. The Labute approximate surface area is 394 Å². The van der Waals surface area contributed by atoms with Crippen molar-refractivity contribution in [3.05, 3.63) is 65.7 Å². The van der Waals surface area contributed by atoms with E-state index >= 15 is 0 Å². The van der Waals surface area contributed by atoms with Crippen molar-refractivity contribution >= 4 is 41.1 Å². The van der Waals surface area contributed by atoms with Crippen molar-refractivity contribution in [1.29, 1.82) is 0 Å². The number of benzene rings is 2. The molecule has 0 radical (unpaired) electrons. The molecule has 15 heteroatoms. The molecule has 10 atom stereocenters. The molecule has 2 aromatic carbocycles. The van der Waals surface area contributed by atoms with Gasteiger partial charge in [-0.1, -0.05) is 97.4 Å². The molecule has 4 amide bonds. The number of hydrogen-bond donors (Lipinski definition) is 3. The van der Waals surface area contributed by atoms with Crippen LogP contribution in [0.1, 0.15) is 91.7 Å². The second-order valence-corrected chi connectivity index (χ2v) is 19.1. The molecule has 0 bridgehead atoms. The zero-order chi connectivity index (χ0) is 49.4. The lowest BCUT2D eigenvalue weighted by Gasteiger charge is -2.41. The summed E-state index contributed by atoms with van der Waals surface area (Å²) in [6.45, 7) is 14.0. The number of Topliss-reactive ketones (excluding diaryl/α,β-unsaturated/α-hetero) is 1. The van der Waals surface area contributed by atoms with Crippen LogP contribution in [0.5, 0.6) is 0 Å². The van der Waals surface area contributed by atoms with Gasteiger partial charge in [0, 0.05) is 39.9 Å². The summed E-state index contributed by atoms with van der Waals surface area (Å²) in [5.41, 5.74) is 8.10. The average Bonchev–Trinajstić information content (AvgIpc) is 3.77. The third kappa shape index (κ3) is 15.1. The summed E-state index contributed by atoms with van der Waals surface area (Å²) in [6.07, 6.45) is 0.829. The second-order valence-electron chi connectivity index (χ2n) is 19.1. The smallest absolute Gasteiger partial charge is 0.309 e. The third-order valence-electron chi connectivity index (χ3n) is 13.4. The maximum Gasteiger partial charge on any atom is 0.309 e. The molecule has 4 N–H and O–H groups in total. The molecule has 15 nitrogen and oxygen atoms in total. The Morgan fingerprint density at radius 1 is 0.788 bits per heavy atom. The van der Waals surface area contributed by atoms with Gasteiger partial charge in [-0.3, -0.25) is 33.7 Å². The van der Waals surface area contributed by atoms with Crippen molar-refractivity contribution in [3.8, 4) is 0 Å². The Bertz CT molecular complexity index is 1870. The van der Waals surface area contributed by atoms with E-state index in [-0.39, 0.29) is 66.9 Å². The fraction of sp³-hybridized carbons (Fsp3) is 0.647. The molecule has 1 aliphatic heterocycles. The summed E-state index contributed by atoms with van der Waals surface area (Å²) in [5, 5.41) is 6.04. The summed E-state index contributed by atoms with van der Waals surface area (Å²) in [4.78, 5) is 89.1. The number of rotatable bonds is 26. The first kappa shape index (κ1) is 55.5. The fourth-order valence-electron chi connectivity index (χ4n) is 9.54. The highest BCUT2D eigenvalue weighted by Crippen LogP contribution is 2.30. The van der Waals surface area contributed by atoms with Gasteiger partial charge in [-0.05, 0) is 80.8 Å². The van der Waals surface area contributed by atoms with Crippen LogP contribution in [0.4, 0.5) is 5.69 Å². The Balaban J connectivity index is 1.84. The molecule has 0 aliphatic carbocycles. The van der Waals surface area contributed by atoms with Gasteiger partial charge in [0.2, 0.25) is 23.6 Å². The van der Waals surface area contributed by atoms with Gasteiger partial charge in [-0.15, -0.1) is 0 Å². The quantitative estimate of drug-likeness (QED) is 0.0857. The maximum atomic E-state index is 14.5. The number of hydrogen-bond acceptors (Lipinski definition) is 11. The molecular weight excluding hydrogens is 841 g/mol. The summed E-state index contributed by atoms with van der Waals surface area (Å²) in [7, 11) is 9.76. The van der Waals surface area contributed by atoms with Crippen molar-refractivity contribution in [2.45, 2.75) is 136 Å². The van der Waals surface area contributed by atoms with Crippen molar-refractivity contribution in [2.75, 3.05) is 54.8 Å². The van der Waals surface area contributed by atoms with Crippen molar-refractivity contribution < 1.29 is 43.0 Å². The van der Waals surface area contributed by atoms with Crippen LogP contribution in [-0.2, 0) is 55.8 Å². The zero-order valence-corrected chi connectivity index (χ0v) is 41.9. The minimum atomic E-state index is -0.965. The lowest BCUT2D eigenvalue weighted by atomic mass is 9.89. The van der Waals surface area contributed by atoms with Gasteiger partial charge in [-0.25, -0.2) is 0 Å². The van der Waals surface area contributed by atoms with Gasteiger partial charge >= 0.3 is 5.97 Å². The molecule has 1 heterocycles.